The van der Waals surface area contributed by atoms with Crippen LogP contribution in [0.5, 0.6) is 0 Å². The van der Waals surface area contributed by atoms with Crippen molar-refractivity contribution in [3.05, 3.63) is 235 Å². The summed E-state index contributed by atoms with van der Waals surface area (Å²) < 4.78 is 2.41. The maximum absolute atomic E-state index is 3.80. The van der Waals surface area contributed by atoms with Crippen LogP contribution in [0.4, 0.5) is 0 Å². The lowest BCUT2D eigenvalue weighted by atomic mass is 9.88. The molecule has 2 nitrogen and oxygen atoms in total. The van der Waals surface area contributed by atoms with Crippen LogP contribution in [0, 0.1) is 0 Å². The van der Waals surface area contributed by atoms with Gasteiger partial charge in [0.2, 0.25) is 0 Å². The predicted molar refractivity (Wildman–Crippen MR) is 245 cm³/mol. The minimum absolute atomic E-state index is 0.858. The molecule has 0 atom stereocenters. The molecule has 0 aliphatic heterocycles. The number of fused-ring (bicyclic) bond motifs is 6. The molecule has 0 radical (unpaired) electrons. The number of rotatable bonds is 8. The SMILES string of the molecule is c1ccc(Cc2ccccc2-c2cc3c(cc2Cc2ccccc2)[nH]c2ccc(-c4ccc5c(c4)c4ccccc4n5-c4cccc(-c5ccccc5)c4)cc23)cc1. The molecule has 0 saturated heterocycles. The first-order valence-corrected chi connectivity index (χ1v) is 20.2. The molecular weight excluding hydrogens is 701 g/mol. The first-order valence-electron chi connectivity index (χ1n) is 20.2. The third-order valence-corrected chi connectivity index (χ3v) is 11.8. The molecule has 0 aliphatic carbocycles. The summed E-state index contributed by atoms with van der Waals surface area (Å²) in [5.74, 6) is 0. The lowest BCUT2D eigenvalue weighted by molar-refractivity contribution is 1.17. The monoisotopic (exact) mass is 740 g/mol. The van der Waals surface area contributed by atoms with Crippen LogP contribution >= 0.6 is 0 Å². The molecule has 0 aliphatic rings. The van der Waals surface area contributed by atoms with Gasteiger partial charge in [0, 0.05) is 38.3 Å². The van der Waals surface area contributed by atoms with E-state index in [4.69, 9.17) is 0 Å². The Morgan fingerprint density at radius 1 is 0.328 bits per heavy atom. The Labute approximate surface area is 338 Å². The quantitative estimate of drug-likeness (QED) is 0.160. The highest BCUT2D eigenvalue weighted by atomic mass is 15.0. The van der Waals surface area contributed by atoms with Crippen molar-refractivity contribution in [1.82, 2.24) is 9.55 Å². The molecule has 274 valence electrons. The predicted octanol–water partition coefficient (Wildman–Crippen LogP) is 14.6. The van der Waals surface area contributed by atoms with E-state index >= 15 is 0 Å². The molecule has 2 heteroatoms. The minimum atomic E-state index is 0.858. The van der Waals surface area contributed by atoms with Gasteiger partial charge in [0.1, 0.15) is 0 Å². The van der Waals surface area contributed by atoms with Gasteiger partial charge < -0.3 is 9.55 Å². The van der Waals surface area contributed by atoms with Gasteiger partial charge in [-0.15, -0.1) is 0 Å². The summed E-state index contributed by atoms with van der Waals surface area (Å²) in [7, 11) is 0. The zero-order valence-corrected chi connectivity index (χ0v) is 32.1. The number of benzene rings is 9. The molecule has 0 unspecified atom stereocenters. The Kier molecular flexibility index (Phi) is 8.33. The molecular formula is C56H40N2. The van der Waals surface area contributed by atoms with Crippen LogP contribution in [-0.2, 0) is 12.8 Å². The maximum atomic E-state index is 3.80. The van der Waals surface area contributed by atoms with Gasteiger partial charge in [-0.3, -0.25) is 0 Å². The van der Waals surface area contributed by atoms with Gasteiger partial charge in [-0.05, 0) is 123 Å². The highest BCUT2D eigenvalue weighted by Gasteiger charge is 2.17. The Morgan fingerprint density at radius 2 is 0.914 bits per heavy atom. The lowest BCUT2D eigenvalue weighted by Crippen LogP contribution is -1.97. The molecule has 9 aromatic carbocycles. The normalized spacial score (nSPS) is 11.6. The van der Waals surface area contributed by atoms with Crippen molar-refractivity contribution < 1.29 is 0 Å². The fourth-order valence-corrected chi connectivity index (χ4v) is 9.02. The third-order valence-electron chi connectivity index (χ3n) is 11.8. The summed E-state index contributed by atoms with van der Waals surface area (Å²) in [6.45, 7) is 0. The summed E-state index contributed by atoms with van der Waals surface area (Å²) in [5, 5.41) is 4.98. The van der Waals surface area contributed by atoms with E-state index in [0.29, 0.717) is 0 Å². The number of hydrogen-bond acceptors (Lipinski definition) is 0. The molecule has 0 amide bonds. The van der Waals surface area contributed by atoms with Crippen LogP contribution in [0.25, 0.3) is 82.7 Å². The molecule has 0 spiro atoms. The van der Waals surface area contributed by atoms with E-state index < -0.39 is 0 Å². The topological polar surface area (TPSA) is 20.7 Å². The minimum Gasteiger partial charge on any atom is -0.355 e. The van der Waals surface area contributed by atoms with Crippen molar-refractivity contribution >= 4 is 43.6 Å². The molecule has 2 aromatic heterocycles. The summed E-state index contributed by atoms with van der Waals surface area (Å²) in [6.07, 6.45) is 1.74. The Bertz CT molecular complexity index is 3260. The van der Waals surface area contributed by atoms with Crippen LogP contribution in [-0.4, -0.2) is 9.55 Å². The number of aromatic amines is 1. The van der Waals surface area contributed by atoms with Crippen molar-refractivity contribution in [3.63, 3.8) is 0 Å². The smallest absolute Gasteiger partial charge is 0.0541 e. The van der Waals surface area contributed by atoms with Gasteiger partial charge >= 0.3 is 0 Å². The van der Waals surface area contributed by atoms with Crippen LogP contribution in [0.1, 0.15) is 22.3 Å². The second-order valence-electron chi connectivity index (χ2n) is 15.4. The van der Waals surface area contributed by atoms with Crippen molar-refractivity contribution in [2.45, 2.75) is 12.8 Å². The lowest BCUT2D eigenvalue weighted by Gasteiger charge is -2.15. The average molecular weight is 741 g/mol. The molecule has 58 heavy (non-hydrogen) atoms. The van der Waals surface area contributed by atoms with Crippen molar-refractivity contribution in [1.29, 1.82) is 0 Å². The zero-order valence-electron chi connectivity index (χ0n) is 32.1. The summed E-state index contributed by atoms with van der Waals surface area (Å²) in [6, 6.07) is 77.6. The van der Waals surface area contributed by atoms with E-state index in [1.807, 2.05) is 0 Å². The first-order chi connectivity index (χ1) is 28.7. The molecule has 0 bridgehead atoms. The van der Waals surface area contributed by atoms with E-state index in [-0.39, 0.29) is 0 Å². The summed E-state index contributed by atoms with van der Waals surface area (Å²) >= 11 is 0. The zero-order chi connectivity index (χ0) is 38.4. The van der Waals surface area contributed by atoms with Gasteiger partial charge in [0.25, 0.3) is 0 Å². The second kappa shape index (κ2) is 14.3. The number of nitrogens with one attached hydrogen (secondary N) is 1. The summed E-state index contributed by atoms with van der Waals surface area (Å²) in [5.41, 5.74) is 18.6. The van der Waals surface area contributed by atoms with E-state index in [1.54, 1.807) is 0 Å². The average Bonchev–Trinajstić information content (AvgIpc) is 3.81. The molecule has 0 saturated carbocycles. The number of hydrogen-bond donors (Lipinski definition) is 1. The van der Waals surface area contributed by atoms with Crippen LogP contribution in [0.2, 0.25) is 0 Å². The van der Waals surface area contributed by atoms with Crippen molar-refractivity contribution in [2.75, 3.05) is 0 Å². The summed E-state index contributed by atoms with van der Waals surface area (Å²) in [4.78, 5) is 3.80. The van der Waals surface area contributed by atoms with E-state index in [0.717, 1.165) is 24.0 Å². The van der Waals surface area contributed by atoms with Gasteiger partial charge in [-0.2, -0.15) is 0 Å². The third kappa shape index (κ3) is 6.07. The molecule has 11 aromatic rings. The van der Waals surface area contributed by atoms with E-state index in [2.05, 4.69) is 222 Å². The van der Waals surface area contributed by atoms with Crippen LogP contribution in [0.15, 0.2) is 212 Å². The Balaban J connectivity index is 1.05. The highest BCUT2D eigenvalue weighted by molar-refractivity contribution is 6.12. The highest BCUT2D eigenvalue weighted by Crippen LogP contribution is 2.40. The van der Waals surface area contributed by atoms with Crippen LogP contribution < -0.4 is 0 Å². The number of H-pyrrole nitrogens is 1. The Hall–Kier alpha value is -7.42. The van der Waals surface area contributed by atoms with E-state index in [1.165, 1.54) is 93.7 Å². The molecule has 1 N–H and O–H groups in total. The number of nitrogens with zero attached hydrogens (tertiary/aromatic N) is 1. The fourth-order valence-electron chi connectivity index (χ4n) is 9.02. The first kappa shape index (κ1) is 33.9. The standard InChI is InChI=1S/C56H40N2/c1-4-15-38(16-5-1)31-44-21-10-11-24-47(44)49-37-51-50-34-42(27-29-53(50)57-54(51)36-45(49)32-39-17-6-2-7-18-39)43-28-30-56-52(35-43)48-25-12-13-26-55(48)58(56)46-23-14-22-41(33-46)40-19-8-3-9-20-40/h1-30,33-37,57H,31-32H2. The second-order valence-corrected chi connectivity index (χ2v) is 15.4. The fraction of sp³-hybridized carbons (Fsp3) is 0.0357. The van der Waals surface area contributed by atoms with Gasteiger partial charge in [0.05, 0.1) is 11.0 Å². The van der Waals surface area contributed by atoms with Gasteiger partial charge in [-0.25, -0.2) is 0 Å². The van der Waals surface area contributed by atoms with Gasteiger partial charge in [0.15, 0.2) is 0 Å². The van der Waals surface area contributed by atoms with Crippen molar-refractivity contribution in [3.8, 4) is 39.1 Å². The van der Waals surface area contributed by atoms with Crippen LogP contribution in [0.3, 0.4) is 0 Å². The Morgan fingerprint density at radius 3 is 1.71 bits per heavy atom. The van der Waals surface area contributed by atoms with Crippen molar-refractivity contribution in [2.24, 2.45) is 0 Å². The molecule has 2 heterocycles. The largest absolute Gasteiger partial charge is 0.355 e. The van der Waals surface area contributed by atoms with Gasteiger partial charge in [-0.1, -0.05) is 158 Å². The van der Waals surface area contributed by atoms with E-state index in [9.17, 15) is 0 Å². The maximum Gasteiger partial charge on any atom is 0.0541 e. The number of aromatic nitrogens is 2. The molecule has 11 rings (SSSR count). The number of para-hydroxylation sites is 1. The molecule has 0 fully saturated rings.